The number of aromatic amines is 1. The molecule has 0 fully saturated rings. The highest BCUT2D eigenvalue weighted by Gasteiger charge is 2.33. The minimum atomic E-state index is -0.598. The second kappa shape index (κ2) is 3.02. The standard InChI is InChI=1S/C11H10N2O2/c1-4-7-12-8-5(2)6(3)10(14)11(15)9(8)13-7/h2-4H2,1H3,(H,12,13). The summed E-state index contributed by atoms with van der Waals surface area (Å²) in [6, 6.07) is 0. The summed E-state index contributed by atoms with van der Waals surface area (Å²) in [5.41, 5.74) is 1.28. The Hall–Kier alpha value is -1.97. The van der Waals surface area contributed by atoms with Gasteiger partial charge in [-0.05, 0) is 0 Å². The molecule has 1 heterocycles. The Bertz CT molecular complexity index is 465. The number of carbonyl (C=O) groups excluding carboxylic acids is 2. The van der Waals surface area contributed by atoms with Crippen LogP contribution in [0.5, 0.6) is 0 Å². The molecule has 0 atom stereocenters. The van der Waals surface area contributed by atoms with E-state index in [1.54, 1.807) is 0 Å². The van der Waals surface area contributed by atoms with Gasteiger partial charge in [0.15, 0.2) is 0 Å². The van der Waals surface area contributed by atoms with E-state index in [4.69, 9.17) is 0 Å². The molecule has 1 aliphatic carbocycles. The molecule has 0 saturated heterocycles. The average Bonchev–Trinajstić information content (AvgIpc) is 2.67. The van der Waals surface area contributed by atoms with Crippen LogP contribution in [0.15, 0.2) is 18.7 Å². The third-order valence-electron chi connectivity index (χ3n) is 2.45. The molecule has 0 spiro atoms. The molecule has 0 aliphatic heterocycles. The SMILES string of the molecule is C=C1C(=C)c2nc(CC)[nH]c2C(=O)C1=O. The van der Waals surface area contributed by atoms with E-state index in [9.17, 15) is 9.59 Å². The number of imidazole rings is 1. The van der Waals surface area contributed by atoms with Gasteiger partial charge in [0, 0.05) is 17.6 Å². The first kappa shape index (κ1) is 9.58. The van der Waals surface area contributed by atoms with Gasteiger partial charge in [0.25, 0.3) is 5.78 Å². The molecule has 15 heavy (non-hydrogen) atoms. The number of fused-ring (bicyclic) bond motifs is 1. The smallest absolute Gasteiger partial charge is 0.251 e. The number of nitrogens with one attached hydrogen (secondary N) is 1. The molecule has 1 aromatic heterocycles. The van der Waals surface area contributed by atoms with Gasteiger partial charge in [-0.2, -0.15) is 0 Å². The zero-order valence-corrected chi connectivity index (χ0v) is 8.39. The fourth-order valence-corrected chi connectivity index (χ4v) is 1.50. The largest absolute Gasteiger partial charge is 0.339 e. The van der Waals surface area contributed by atoms with Gasteiger partial charge in [-0.3, -0.25) is 9.59 Å². The van der Waals surface area contributed by atoms with Gasteiger partial charge in [-0.25, -0.2) is 4.98 Å². The Morgan fingerprint density at radius 2 is 1.87 bits per heavy atom. The number of H-pyrrole nitrogens is 1. The van der Waals surface area contributed by atoms with Gasteiger partial charge in [0.05, 0.1) is 0 Å². The quantitative estimate of drug-likeness (QED) is 0.551. The maximum atomic E-state index is 11.6. The summed E-state index contributed by atoms with van der Waals surface area (Å²) >= 11 is 0. The Kier molecular flexibility index (Phi) is 1.93. The first-order valence-corrected chi connectivity index (χ1v) is 4.62. The zero-order chi connectivity index (χ0) is 11.2. The molecule has 4 nitrogen and oxygen atoms in total. The zero-order valence-electron chi connectivity index (χ0n) is 8.39. The van der Waals surface area contributed by atoms with Crippen molar-refractivity contribution in [2.45, 2.75) is 13.3 Å². The van der Waals surface area contributed by atoms with Crippen molar-refractivity contribution in [3.05, 3.63) is 35.9 Å². The van der Waals surface area contributed by atoms with Crippen LogP contribution in [0.4, 0.5) is 0 Å². The predicted octanol–water partition coefficient (Wildman–Crippen LogP) is 1.31. The lowest BCUT2D eigenvalue weighted by molar-refractivity contribution is -0.111. The number of aryl methyl sites for hydroxylation is 1. The van der Waals surface area contributed by atoms with Crippen molar-refractivity contribution in [3.63, 3.8) is 0 Å². The van der Waals surface area contributed by atoms with E-state index in [1.165, 1.54) is 0 Å². The second-order valence-corrected chi connectivity index (χ2v) is 3.38. The second-order valence-electron chi connectivity index (χ2n) is 3.38. The summed E-state index contributed by atoms with van der Waals surface area (Å²) in [7, 11) is 0. The third kappa shape index (κ3) is 1.18. The van der Waals surface area contributed by atoms with Crippen molar-refractivity contribution in [3.8, 4) is 0 Å². The molecule has 0 aromatic carbocycles. The number of carbonyl (C=O) groups is 2. The van der Waals surface area contributed by atoms with Gasteiger partial charge in [-0.1, -0.05) is 20.1 Å². The summed E-state index contributed by atoms with van der Waals surface area (Å²) in [4.78, 5) is 30.0. The average molecular weight is 202 g/mol. The van der Waals surface area contributed by atoms with Crippen molar-refractivity contribution in [1.29, 1.82) is 0 Å². The summed E-state index contributed by atoms with van der Waals surface area (Å²) in [6.07, 6.45) is 0.675. The molecule has 1 N–H and O–H groups in total. The number of allylic oxidation sites excluding steroid dienone is 2. The summed E-state index contributed by atoms with van der Waals surface area (Å²) in [5.74, 6) is -0.495. The van der Waals surface area contributed by atoms with E-state index in [2.05, 4.69) is 23.1 Å². The van der Waals surface area contributed by atoms with Crippen LogP contribution in [0.3, 0.4) is 0 Å². The van der Waals surface area contributed by atoms with E-state index < -0.39 is 11.6 Å². The first-order chi connectivity index (χ1) is 7.06. The van der Waals surface area contributed by atoms with Crippen LogP contribution in [0.2, 0.25) is 0 Å². The first-order valence-electron chi connectivity index (χ1n) is 4.62. The van der Waals surface area contributed by atoms with Crippen LogP contribution in [-0.2, 0) is 11.2 Å². The van der Waals surface area contributed by atoms with Crippen LogP contribution in [-0.4, -0.2) is 21.5 Å². The molecule has 1 aromatic rings. The molecule has 2 rings (SSSR count). The van der Waals surface area contributed by atoms with E-state index in [1.807, 2.05) is 6.92 Å². The highest BCUT2D eigenvalue weighted by molar-refractivity contribution is 6.53. The Balaban J connectivity index is 2.66. The molecule has 4 heteroatoms. The van der Waals surface area contributed by atoms with Gasteiger partial charge >= 0.3 is 0 Å². The molecular formula is C11H10N2O2. The molecular weight excluding hydrogens is 192 g/mol. The number of ketones is 2. The Morgan fingerprint density at radius 1 is 1.20 bits per heavy atom. The maximum absolute atomic E-state index is 11.6. The van der Waals surface area contributed by atoms with Gasteiger partial charge in [0.2, 0.25) is 5.78 Å². The highest BCUT2D eigenvalue weighted by Crippen LogP contribution is 2.28. The van der Waals surface area contributed by atoms with Crippen LogP contribution in [0.25, 0.3) is 5.57 Å². The van der Waals surface area contributed by atoms with Gasteiger partial charge < -0.3 is 4.98 Å². The monoisotopic (exact) mass is 202 g/mol. The number of rotatable bonds is 1. The van der Waals surface area contributed by atoms with Crippen molar-refractivity contribution < 1.29 is 9.59 Å². The van der Waals surface area contributed by atoms with Crippen molar-refractivity contribution >= 4 is 17.1 Å². The van der Waals surface area contributed by atoms with Gasteiger partial charge in [0.1, 0.15) is 17.2 Å². The fraction of sp³-hybridized carbons (Fsp3) is 0.182. The van der Waals surface area contributed by atoms with Crippen molar-refractivity contribution in [2.24, 2.45) is 0 Å². The third-order valence-corrected chi connectivity index (χ3v) is 2.45. The number of hydrogen-bond acceptors (Lipinski definition) is 3. The number of nitrogens with zero attached hydrogens (tertiary/aromatic N) is 1. The van der Waals surface area contributed by atoms with Gasteiger partial charge in [-0.15, -0.1) is 0 Å². The molecule has 1 aliphatic rings. The van der Waals surface area contributed by atoms with Crippen LogP contribution >= 0.6 is 0 Å². The topological polar surface area (TPSA) is 62.8 Å². The normalized spacial score (nSPS) is 15.8. The van der Waals surface area contributed by atoms with Crippen LogP contribution in [0.1, 0.15) is 28.9 Å². The van der Waals surface area contributed by atoms with Crippen molar-refractivity contribution in [1.82, 2.24) is 9.97 Å². The van der Waals surface area contributed by atoms with Crippen LogP contribution < -0.4 is 0 Å². The highest BCUT2D eigenvalue weighted by atomic mass is 16.2. The Morgan fingerprint density at radius 3 is 2.47 bits per heavy atom. The number of hydrogen-bond donors (Lipinski definition) is 1. The van der Waals surface area contributed by atoms with Crippen LogP contribution in [0, 0.1) is 0 Å². The molecule has 0 amide bonds. The van der Waals surface area contributed by atoms with Crippen molar-refractivity contribution in [2.75, 3.05) is 0 Å². The lowest BCUT2D eigenvalue weighted by atomic mass is 9.90. The molecule has 0 radical (unpaired) electrons. The number of Topliss-reactive ketones (excluding diaryl/α,β-unsaturated/α-hetero) is 2. The van der Waals surface area contributed by atoms with E-state index in [-0.39, 0.29) is 11.3 Å². The Labute approximate surface area is 86.7 Å². The summed E-state index contributed by atoms with van der Waals surface area (Å²) in [6.45, 7) is 9.16. The summed E-state index contributed by atoms with van der Waals surface area (Å²) < 4.78 is 0. The molecule has 76 valence electrons. The summed E-state index contributed by atoms with van der Waals surface area (Å²) in [5, 5.41) is 0. The molecule has 0 saturated carbocycles. The van der Waals surface area contributed by atoms with E-state index >= 15 is 0 Å². The van der Waals surface area contributed by atoms with E-state index in [0.717, 1.165) is 0 Å². The molecule has 0 unspecified atom stereocenters. The maximum Gasteiger partial charge on any atom is 0.251 e. The minimum absolute atomic E-state index is 0.140. The molecule has 0 bridgehead atoms. The fourth-order valence-electron chi connectivity index (χ4n) is 1.50. The minimum Gasteiger partial charge on any atom is -0.339 e. The lowest BCUT2D eigenvalue weighted by Crippen LogP contribution is -2.23. The lowest BCUT2D eigenvalue weighted by Gasteiger charge is -2.12. The van der Waals surface area contributed by atoms with E-state index in [0.29, 0.717) is 23.5 Å². The number of aromatic nitrogens is 2. The predicted molar refractivity (Wildman–Crippen MR) is 55.5 cm³/mol.